The molecule has 1 heterocycles. The lowest BCUT2D eigenvalue weighted by atomic mass is 10.1. The number of hydrogen-bond acceptors (Lipinski definition) is 2. The molecule has 0 atom stereocenters. The molecule has 1 aliphatic carbocycles. The van der Waals surface area contributed by atoms with Gasteiger partial charge in [-0.25, -0.2) is 9.37 Å². The van der Waals surface area contributed by atoms with Crippen LogP contribution in [0.25, 0.3) is 11.0 Å². The van der Waals surface area contributed by atoms with Gasteiger partial charge in [0.1, 0.15) is 11.6 Å². The van der Waals surface area contributed by atoms with E-state index in [1.54, 1.807) is 29.2 Å². The summed E-state index contributed by atoms with van der Waals surface area (Å²) in [5.74, 6) is 0.326. The Hall–Kier alpha value is -2.11. The minimum Gasteiger partial charge on any atom is -0.331 e. The molecule has 4 rings (SSSR count). The van der Waals surface area contributed by atoms with Gasteiger partial charge in [0.2, 0.25) is 0 Å². The summed E-state index contributed by atoms with van der Waals surface area (Å²) in [6.07, 6.45) is 7.44. The Bertz CT molecular complexity index is 1110. The van der Waals surface area contributed by atoms with Gasteiger partial charge in [0.05, 0.1) is 28.2 Å². The first-order chi connectivity index (χ1) is 15.5. The normalized spacial score (nSPS) is 14.4. The molecule has 1 saturated carbocycles. The second kappa shape index (κ2) is 10.2. The van der Waals surface area contributed by atoms with E-state index in [0.717, 1.165) is 43.4 Å². The maximum Gasteiger partial charge on any atom is 0.255 e. The molecule has 3 aromatic rings. The van der Waals surface area contributed by atoms with Gasteiger partial charge < -0.3 is 9.47 Å². The van der Waals surface area contributed by atoms with E-state index in [1.807, 2.05) is 0 Å². The summed E-state index contributed by atoms with van der Waals surface area (Å²) in [5, 5.41) is 0.853. The second-order valence-electron chi connectivity index (χ2n) is 8.53. The lowest BCUT2D eigenvalue weighted by Crippen LogP contribution is -2.33. The zero-order chi connectivity index (χ0) is 22.7. The van der Waals surface area contributed by atoms with Gasteiger partial charge in [-0.2, -0.15) is 0 Å². The molecule has 1 fully saturated rings. The first-order valence-corrected chi connectivity index (χ1v) is 12.1. The van der Waals surface area contributed by atoms with Gasteiger partial charge >= 0.3 is 0 Å². The zero-order valence-electron chi connectivity index (χ0n) is 18.3. The molecule has 32 heavy (non-hydrogen) atoms. The fraction of sp³-hybridized carbons (Fsp3) is 0.440. The SMILES string of the molecule is CCCCCN(Cc1nc2cc(F)ccc2n1C1CCCC1)C(=O)c1cc(Cl)ccc1Cl. The van der Waals surface area contributed by atoms with E-state index < -0.39 is 0 Å². The van der Waals surface area contributed by atoms with Gasteiger partial charge in [0, 0.05) is 23.7 Å². The number of nitrogens with zero attached hydrogens (tertiary/aromatic N) is 3. The molecule has 0 radical (unpaired) electrons. The van der Waals surface area contributed by atoms with E-state index in [9.17, 15) is 9.18 Å². The number of benzene rings is 2. The van der Waals surface area contributed by atoms with Gasteiger partial charge in [0.25, 0.3) is 5.91 Å². The van der Waals surface area contributed by atoms with Crippen molar-refractivity contribution >= 4 is 40.1 Å². The molecule has 1 aromatic heterocycles. The summed E-state index contributed by atoms with van der Waals surface area (Å²) in [6, 6.07) is 10.0. The van der Waals surface area contributed by atoms with Crippen molar-refractivity contribution in [2.75, 3.05) is 6.54 Å². The number of amides is 1. The quantitative estimate of drug-likeness (QED) is 0.317. The van der Waals surface area contributed by atoms with Gasteiger partial charge in [-0.15, -0.1) is 0 Å². The van der Waals surface area contributed by atoms with Crippen molar-refractivity contribution in [3.8, 4) is 0 Å². The number of carbonyl (C=O) groups excluding carboxylic acids is 1. The Balaban J connectivity index is 1.72. The van der Waals surface area contributed by atoms with E-state index >= 15 is 0 Å². The van der Waals surface area contributed by atoms with Crippen LogP contribution < -0.4 is 0 Å². The number of unbranched alkanes of at least 4 members (excludes halogenated alkanes) is 2. The molecule has 1 amide bonds. The summed E-state index contributed by atoms with van der Waals surface area (Å²) in [4.78, 5) is 20.1. The van der Waals surface area contributed by atoms with Crippen LogP contribution in [0.3, 0.4) is 0 Å². The monoisotopic (exact) mass is 475 g/mol. The van der Waals surface area contributed by atoms with Crippen LogP contribution in [-0.2, 0) is 6.54 Å². The summed E-state index contributed by atoms with van der Waals surface area (Å²) in [6.45, 7) is 3.07. The number of hydrogen-bond donors (Lipinski definition) is 0. The highest BCUT2D eigenvalue weighted by Gasteiger charge is 2.26. The highest BCUT2D eigenvalue weighted by molar-refractivity contribution is 6.35. The van der Waals surface area contributed by atoms with Crippen molar-refractivity contribution in [1.82, 2.24) is 14.5 Å². The van der Waals surface area contributed by atoms with Crippen LogP contribution in [0.5, 0.6) is 0 Å². The number of halogens is 3. The van der Waals surface area contributed by atoms with E-state index in [0.29, 0.717) is 40.3 Å². The molecule has 4 nitrogen and oxygen atoms in total. The van der Waals surface area contributed by atoms with Crippen LogP contribution >= 0.6 is 23.2 Å². The minimum absolute atomic E-state index is 0.162. The molecule has 170 valence electrons. The lowest BCUT2D eigenvalue weighted by Gasteiger charge is -2.25. The molecule has 0 bridgehead atoms. The Morgan fingerprint density at radius 2 is 1.94 bits per heavy atom. The first kappa shape index (κ1) is 23.1. The number of carbonyl (C=O) groups is 1. The largest absolute Gasteiger partial charge is 0.331 e. The maximum atomic E-state index is 13.9. The Morgan fingerprint density at radius 3 is 2.69 bits per heavy atom. The van der Waals surface area contributed by atoms with Crippen molar-refractivity contribution in [2.24, 2.45) is 0 Å². The van der Waals surface area contributed by atoms with Crippen LogP contribution in [0.4, 0.5) is 4.39 Å². The van der Waals surface area contributed by atoms with Gasteiger partial charge in [-0.3, -0.25) is 4.79 Å². The first-order valence-electron chi connectivity index (χ1n) is 11.4. The third kappa shape index (κ3) is 4.94. The molecule has 7 heteroatoms. The van der Waals surface area contributed by atoms with E-state index in [2.05, 4.69) is 11.5 Å². The average molecular weight is 476 g/mol. The smallest absolute Gasteiger partial charge is 0.255 e. The molecule has 1 aliphatic rings. The van der Waals surface area contributed by atoms with Crippen LogP contribution in [0.1, 0.15) is 74.1 Å². The zero-order valence-corrected chi connectivity index (χ0v) is 19.8. The fourth-order valence-electron chi connectivity index (χ4n) is 4.61. The third-order valence-corrected chi connectivity index (χ3v) is 6.79. The van der Waals surface area contributed by atoms with Gasteiger partial charge in [-0.1, -0.05) is 55.8 Å². The van der Waals surface area contributed by atoms with Crippen molar-refractivity contribution in [2.45, 2.75) is 64.5 Å². The van der Waals surface area contributed by atoms with E-state index in [1.165, 1.54) is 25.0 Å². The standard InChI is InChI=1S/C25H28Cl2FN3O/c1-2-3-6-13-30(25(32)20-14-17(26)9-11-21(20)27)16-24-29-22-15-18(28)10-12-23(22)31(24)19-7-4-5-8-19/h9-12,14-15,19H,2-8,13,16H2,1H3. The fourth-order valence-corrected chi connectivity index (χ4v) is 4.98. The second-order valence-corrected chi connectivity index (χ2v) is 9.37. The number of aromatic nitrogens is 2. The summed E-state index contributed by atoms with van der Waals surface area (Å²) < 4.78 is 16.1. The van der Waals surface area contributed by atoms with Gasteiger partial charge in [-0.05, 0) is 49.6 Å². The summed E-state index contributed by atoms with van der Waals surface area (Å²) >= 11 is 12.5. The highest BCUT2D eigenvalue weighted by Crippen LogP contribution is 2.34. The Kier molecular flexibility index (Phi) is 7.37. The number of rotatable bonds is 8. The summed E-state index contributed by atoms with van der Waals surface area (Å²) in [5.41, 5.74) is 1.95. The van der Waals surface area contributed by atoms with Crippen molar-refractivity contribution < 1.29 is 9.18 Å². The van der Waals surface area contributed by atoms with Crippen LogP contribution in [0.15, 0.2) is 36.4 Å². The van der Waals surface area contributed by atoms with Crippen LogP contribution in [0.2, 0.25) is 10.0 Å². The predicted octanol–water partition coefficient (Wildman–Crippen LogP) is 7.43. The van der Waals surface area contributed by atoms with Crippen LogP contribution in [-0.4, -0.2) is 26.9 Å². The van der Waals surface area contributed by atoms with Crippen LogP contribution in [0, 0.1) is 5.82 Å². The number of imidazole rings is 1. The predicted molar refractivity (Wildman–Crippen MR) is 128 cm³/mol. The molecule has 0 N–H and O–H groups in total. The highest BCUT2D eigenvalue weighted by atomic mass is 35.5. The Labute approximate surface area is 198 Å². The average Bonchev–Trinajstić information content (AvgIpc) is 3.41. The third-order valence-electron chi connectivity index (χ3n) is 6.22. The van der Waals surface area contributed by atoms with Crippen molar-refractivity contribution in [3.05, 3.63) is 63.6 Å². The minimum atomic E-state index is -0.304. The van der Waals surface area contributed by atoms with Crippen molar-refractivity contribution in [1.29, 1.82) is 0 Å². The lowest BCUT2D eigenvalue weighted by molar-refractivity contribution is 0.0733. The molecular weight excluding hydrogens is 448 g/mol. The van der Waals surface area contributed by atoms with Gasteiger partial charge in [0.15, 0.2) is 0 Å². The number of fused-ring (bicyclic) bond motifs is 1. The maximum absolute atomic E-state index is 13.9. The molecule has 0 spiro atoms. The molecule has 2 aromatic carbocycles. The van der Waals surface area contributed by atoms with E-state index in [-0.39, 0.29) is 11.7 Å². The molecule has 0 saturated heterocycles. The summed E-state index contributed by atoms with van der Waals surface area (Å²) in [7, 11) is 0. The van der Waals surface area contributed by atoms with E-state index in [4.69, 9.17) is 28.2 Å². The topological polar surface area (TPSA) is 38.1 Å². The molecule has 0 aliphatic heterocycles. The molecule has 0 unspecified atom stereocenters. The molecular formula is C25H28Cl2FN3O. The van der Waals surface area contributed by atoms with Crippen molar-refractivity contribution in [3.63, 3.8) is 0 Å². The Morgan fingerprint density at radius 1 is 1.16 bits per heavy atom.